The summed E-state index contributed by atoms with van der Waals surface area (Å²) in [6.45, 7) is 4.63. The summed E-state index contributed by atoms with van der Waals surface area (Å²) >= 11 is 1.51. The molecule has 1 atom stereocenters. The van der Waals surface area contributed by atoms with Crippen molar-refractivity contribution in [3.63, 3.8) is 0 Å². The highest BCUT2D eigenvalue weighted by Gasteiger charge is 2.30. The van der Waals surface area contributed by atoms with Gasteiger partial charge >= 0.3 is 0 Å². The molecule has 1 aliphatic heterocycles. The number of carbonyl (C=O) groups is 1. The summed E-state index contributed by atoms with van der Waals surface area (Å²) in [7, 11) is 0. The molecular formula is C15H21N7OS. The number of hydrogen-bond acceptors (Lipinski definition) is 8. The number of aryl methyl sites for hydroxylation is 2. The van der Waals surface area contributed by atoms with Crippen molar-refractivity contribution in [2.45, 2.75) is 39.2 Å². The smallest absolute Gasteiger partial charge is 0.236 e. The Hall–Kier alpha value is -2.13. The van der Waals surface area contributed by atoms with Gasteiger partial charge in [-0.15, -0.1) is 10.2 Å². The Morgan fingerprint density at radius 1 is 1.46 bits per heavy atom. The Bertz CT molecular complexity index is 732. The van der Waals surface area contributed by atoms with Crippen molar-refractivity contribution in [1.29, 1.82) is 0 Å². The first-order valence-electron chi connectivity index (χ1n) is 8.05. The molecule has 2 aromatic rings. The van der Waals surface area contributed by atoms with Crippen LogP contribution in [0, 0.1) is 6.92 Å². The number of aromatic nitrogens is 4. The van der Waals surface area contributed by atoms with Crippen LogP contribution in [0.25, 0.3) is 0 Å². The minimum Gasteiger partial charge on any atom is -0.333 e. The largest absolute Gasteiger partial charge is 0.333 e. The summed E-state index contributed by atoms with van der Waals surface area (Å²) in [4.78, 5) is 22.8. The molecule has 1 saturated heterocycles. The second-order valence-corrected chi connectivity index (χ2v) is 6.72. The zero-order chi connectivity index (χ0) is 17.1. The molecule has 0 aromatic carbocycles. The molecule has 0 aliphatic carbocycles. The average molecular weight is 347 g/mol. The molecule has 128 valence electrons. The summed E-state index contributed by atoms with van der Waals surface area (Å²) in [5, 5.41) is 13.1. The van der Waals surface area contributed by atoms with Gasteiger partial charge in [0.1, 0.15) is 16.6 Å². The highest BCUT2D eigenvalue weighted by atomic mass is 32.1. The van der Waals surface area contributed by atoms with E-state index in [4.69, 9.17) is 5.73 Å². The third kappa shape index (κ3) is 3.51. The molecule has 0 saturated carbocycles. The van der Waals surface area contributed by atoms with Crippen LogP contribution in [0.2, 0.25) is 0 Å². The maximum Gasteiger partial charge on any atom is 0.236 e. The predicted octanol–water partition coefficient (Wildman–Crippen LogP) is 1.56. The summed E-state index contributed by atoms with van der Waals surface area (Å²) < 4.78 is 0. The third-order valence-corrected chi connectivity index (χ3v) is 4.93. The van der Waals surface area contributed by atoms with E-state index >= 15 is 0 Å². The lowest BCUT2D eigenvalue weighted by atomic mass is 10.1. The maximum atomic E-state index is 12.0. The number of nitrogens with two attached hydrogens (primary N) is 1. The van der Waals surface area contributed by atoms with Crippen molar-refractivity contribution in [1.82, 2.24) is 25.1 Å². The van der Waals surface area contributed by atoms with Crippen LogP contribution in [-0.2, 0) is 11.2 Å². The van der Waals surface area contributed by atoms with Crippen LogP contribution in [-0.4, -0.2) is 44.1 Å². The summed E-state index contributed by atoms with van der Waals surface area (Å²) in [6, 6.07) is 1.84. The fourth-order valence-electron chi connectivity index (χ4n) is 2.87. The molecule has 1 unspecified atom stereocenters. The lowest BCUT2D eigenvalue weighted by Gasteiger charge is -2.24. The first kappa shape index (κ1) is 16.7. The quantitative estimate of drug-likeness (QED) is 0.844. The third-order valence-electron chi connectivity index (χ3n) is 3.95. The number of anilines is 2. The standard InChI is InChI=1S/C15H21N7OS/c1-3-13-20-21-15(24-13)19-12-7-10(17-9(2)18-12)11-5-4-6-22(11)14(23)8-16/h7,11H,3-6,8,16H2,1-2H3,(H,17,18,19,21). The lowest BCUT2D eigenvalue weighted by molar-refractivity contribution is -0.130. The van der Waals surface area contributed by atoms with Gasteiger partial charge in [-0.3, -0.25) is 4.79 Å². The van der Waals surface area contributed by atoms with Crippen LogP contribution in [0.3, 0.4) is 0 Å². The fourth-order valence-corrected chi connectivity index (χ4v) is 3.56. The van der Waals surface area contributed by atoms with Crippen LogP contribution in [0.5, 0.6) is 0 Å². The van der Waals surface area contributed by atoms with Crippen molar-refractivity contribution in [3.8, 4) is 0 Å². The molecule has 1 aliphatic rings. The molecule has 0 bridgehead atoms. The van der Waals surface area contributed by atoms with Crippen LogP contribution in [0.15, 0.2) is 6.07 Å². The van der Waals surface area contributed by atoms with Crippen molar-refractivity contribution in [2.24, 2.45) is 5.73 Å². The van der Waals surface area contributed by atoms with Gasteiger partial charge in [-0.05, 0) is 26.2 Å². The number of nitrogens with zero attached hydrogens (tertiary/aromatic N) is 5. The Kier molecular flexibility index (Phi) is 5.00. The molecule has 0 spiro atoms. The molecule has 3 N–H and O–H groups in total. The molecule has 1 fully saturated rings. The molecular weight excluding hydrogens is 326 g/mol. The van der Waals surface area contributed by atoms with Crippen LogP contribution < -0.4 is 11.1 Å². The van der Waals surface area contributed by atoms with Crippen molar-refractivity contribution in [3.05, 3.63) is 22.6 Å². The topological polar surface area (TPSA) is 110 Å². The van der Waals surface area contributed by atoms with E-state index in [1.807, 2.05) is 24.8 Å². The van der Waals surface area contributed by atoms with Crippen molar-refractivity contribution >= 4 is 28.2 Å². The van der Waals surface area contributed by atoms with Crippen LogP contribution in [0.1, 0.15) is 42.3 Å². The van der Waals surface area contributed by atoms with Crippen molar-refractivity contribution < 1.29 is 4.79 Å². The Morgan fingerprint density at radius 3 is 3.00 bits per heavy atom. The fraction of sp³-hybridized carbons (Fsp3) is 0.533. The van der Waals surface area contributed by atoms with E-state index in [1.54, 1.807) is 0 Å². The average Bonchev–Trinajstić information content (AvgIpc) is 3.22. The predicted molar refractivity (Wildman–Crippen MR) is 92.1 cm³/mol. The highest BCUT2D eigenvalue weighted by Crippen LogP contribution is 2.32. The van der Waals surface area contributed by atoms with E-state index in [2.05, 4.69) is 25.5 Å². The molecule has 24 heavy (non-hydrogen) atoms. The normalized spacial score (nSPS) is 17.3. The zero-order valence-electron chi connectivity index (χ0n) is 13.8. The van der Waals surface area contributed by atoms with Gasteiger partial charge in [0.15, 0.2) is 0 Å². The zero-order valence-corrected chi connectivity index (χ0v) is 14.6. The Labute approximate surface area is 144 Å². The van der Waals surface area contributed by atoms with Crippen LogP contribution >= 0.6 is 11.3 Å². The van der Waals surface area contributed by atoms with Gasteiger partial charge in [-0.2, -0.15) is 0 Å². The number of hydrogen-bond donors (Lipinski definition) is 2. The van der Waals surface area contributed by atoms with Gasteiger partial charge in [-0.25, -0.2) is 9.97 Å². The Morgan fingerprint density at radius 2 is 2.29 bits per heavy atom. The monoisotopic (exact) mass is 347 g/mol. The van der Waals surface area contributed by atoms with E-state index in [1.165, 1.54) is 11.3 Å². The summed E-state index contributed by atoms with van der Waals surface area (Å²) in [5.41, 5.74) is 6.36. The molecule has 3 rings (SSSR count). The number of rotatable bonds is 5. The van der Waals surface area contributed by atoms with E-state index in [0.717, 1.165) is 36.5 Å². The first-order valence-corrected chi connectivity index (χ1v) is 8.87. The first-order chi connectivity index (χ1) is 11.6. The Balaban J connectivity index is 1.84. The summed E-state index contributed by atoms with van der Waals surface area (Å²) in [6.07, 6.45) is 2.70. The number of amides is 1. The molecule has 8 nitrogen and oxygen atoms in total. The SMILES string of the molecule is CCc1nnc(Nc2cc(C3CCCN3C(=O)CN)nc(C)n2)s1. The van der Waals surface area contributed by atoms with Gasteiger partial charge in [0, 0.05) is 12.6 Å². The van der Waals surface area contributed by atoms with E-state index in [-0.39, 0.29) is 18.5 Å². The highest BCUT2D eigenvalue weighted by molar-refractivity contribution is 7.15. The van der Waals surface area contributed by atoms with Crippen LogP contribution in [0.4, 0.5) is 10.9 Å². The molecule has 3 heterocycles. The lowest BCUT2D eigenvalue weighted by Crippen LogP contribution is -2.35. The number of carbonyl (C=O) groups excluding carboxylic acids is 1. The maximum absolute atomic E-state index is 12.0. The molecule has 0 radical (unpaired) electrons. The minimum absolute atomic E-state index is 0.0241. The second-order valence-electron chi connectivity index (χ2n) is 5.65. The molecule has 1 amide bonds. The minimum atomic E-state index is -0.0417. The van der Waals surface area contributed by atoms with Gasteiger partial charge in [0.05, 0.1) is 18.3 Å². The summed E-state index contributed by atoms with van der Waals surface area (Å²) in [5.74, 6) is 1.28. The molecule has 2 aromatic heterocycles. The number of likely N-dealkylation sites (tertiary alicyclic amines) is 1. The van der Waals surface area contributed by atoms with Gasteiger partial charge < -0.3 is 16.0 Å². The van der Waals surface area contributed by atoms with Gasteiger partial charge in [0.2, 0.25) is 11.0 Å². The van der Waals surface area contributed by atoms with Gasteiger partial charge in [-0.1, -0.05) is 18.3 Å². The van der Waals surface area contributed by atoms with Gasteiger partial charge in [0.25, 0.3) is 0 Å². The van der Waals surface area contributed by atoms with E-state index < -0.39 is 0 Å². The van der Waals surface area contributed by atoms with E-state index in [0.29, 0.717) is 16.8 Å². The van der Waals surface area contributed by atoms with E-state index in [9.17, 15) is 4.79 Å². The number of nitrogens with one attached hydrogen (secondary N) is 1. The second kappa shape index (κ2) is 7.18. The van der Waals surface area contributed by atoms with Crippen molar-refractivity contribution in [2.75, 3.05) is 18.4 Å². The molecule has 9 heteroatoms.